The first-order valence-corrected chi connectivity index (χ1v) is 12.0. The number of aromatic nitrogens is 2. The maximum Gasteiger partial charge on any atom is 0.241 e. The fraction of sp³-hybridized carbons (Fsp3) is 0.385. The molecule has 0 radical (unpaired) electrons. The number of likely N-dealkylation sites (tertiary alicyclic amines) is 1. The van der Waals surface area contributed by atoms with Gasteiger partial charge in [0.05, 0.1) is 12.5 Å². The van der Waals surface area contributed by atoms with Crippen molar-refractivity contribution < 1.29 is 18.5 Å². The van der Waals surface area contributed by atoms with Crippen LogP contribution in [-0.2, 0) is 22.7 Å². The third-order valence-electron chi connectivity index (χ3n) is 6.57. The predicted octanol–water partition coefficient (Wildman–Crippen LogP) is 3.53. The molecule has 2 saturated heterocycles. The number of hydrogen-bond donors (Lipinski definition) is 1. The zero-order valence-corrected chi connectivity index (χ0v) is 19.5. The van der Waals surface area contributed by atoms with Gasteiger partial charge in [-0.1, -0.05) is 17.3 Å². The Morgan fingerprint density at radius 1 is 1.14 bits per heavy atom. The fourth-order valence-electron chi connectivity index (χ4n) is 4.73. The van der Waals surface area contributed by atoms with E-state index in [4.69, 9.17) is 4.52 Å². The van der Waals surface area contributed by atoms with Crippen LogP contribution >= 0.6 is 0 Å². The van der Waals surface area contributed by atoms with E-state index in [2.05, 4.69) is 20.4 Å². The van der Waals surface area contributed by atoms with Crippen molar-refractivity contribution in [2.45, 2.75) is 38.8 Å². The van der Waals surface area contributed by atoms with Crippen molar-refractivity contribution in [1.29, 1.82) is 0 Å². The van der Waals surface area contributed by atoms with Crippen LogP contribution in [0.3, 0.4) is 0 Å². The number of anilines is 1. The van der Waals surface area contributed by atoms with Gasteiger partial charge in [0.15, 0.2) is 0 Å². The highest BCUT2D eigenvalue weighted by Crippen LogP contribution is 2.23. The molecule has 1 atom stereocenters. The fourth-order valence-corrected chi connectivity index (χ4v) is 4.73. The lowest BCUT2D eigenvalue weighted by molar-refractivity contribution is -0.127. The molecule has 0 spiro atoms. The molecule has 0 aliphatic carbocycles. The molecular weight excluding hydrogens is 449 g/mol. The summed E-state index contributed by atoms with van der Waals surface area (Å²) in [5, 5.41) is 7.06. The van der Waals surface area contributed by atoms with Crippen molar-refractivity contribution in [3.05, 3.63) is 65.8 Å². The van der Waals surface area contributed by atoms with Crippen molar-refractivity contribution in [2.24, 2.45) is 5.92 Å². The number of amides is 2. The summed E-state index contributed by atoms with van der Waals surface area (Å²) in [4.78, 5) is 33.3. The Morgan fingerprint density at radius 3 is 2.80 bits per heavy atom. The third kappa shape index (κ3) is 5.57. The average molecular weight is 478 g/mol. The summed E-state index contributed by atoms with van der Waals surface area (Å²) in [7, 11) is 0. The number of nitrogens with zero attached hydrogens (tertiary/aromatic N) is 4. The molecule has 1 unspecified atom stereocenters. The first kappa shape index (κ1) is 23.2. The highest BCUT2D eigenvalue weighted by molar-refractivity contribution is 5.95. The summed E-state index contributed by atoms with van der Waals surface area (Å²) in [6, 6.07) is 13.8. The van der Waals surface area contributed by atoms with E-state index in [0.29, 0.717) is 43.3 Å². The SMILES string of the molecule is O=C(NCc1cccc(N2CCCC2=O)c1)C1CCCN(Cc2nc(-c3ccc(F)cc3)no2)C1. The van der Waals surface area contributed by atoms with Gasteiger partial charge in [-0.05, 0) is 67.8 Å². The van der Waals surface area contributed by atoms with Gasteiger partial charge in [0.2, 0.25) is 23.5 Å². The molecule has 2 fully saturated rings. The van der Waals surface area contributed by atoms with E-state index >= 15 is 0 Å². The molecule has 1 N–H and O–H groups in total. The second kappa shape index (κ2) is 10.4. The monoisotopic (exact) mass is 477 g/mol. The quantitative estimate of drug-likeness (QED) is 0.560. The average Bonchev–Trinajstić information content (AvgIpc) is 3.52. The van der Waals surface area contributed by atoms with Crippen molar-refractivity contribution in [3.63, 3.8) is 0 Å². The van der Waals surface area contributed by atoms with Crippen LogP contribution in [0.25, 0.3) is 11.4 Å². The zero-order chi connectivity index (χ0) is 24.2. The topological polar surface area (TPSA) is 91.6 Å². The molecule has 2 aliphatic rings. The molecule has 35 heavy (non-hydrogen) atoms. The van der Waals surface area contributed by atoms with Gasteiger partial charge in [0.25, 0.3) is 0 Å². The summed E-state index contributed by atoms with van der Waals surface area (Å²) < 4.78 is 18.5. The van der Waals surface area contributed by atoms with Crippen LogP contribution in [0.15, 0.2) is 53.1 Å². The molecule has 3 aromatic rings. The Kier molecular flexibility index (Phi) is 6.85. The molecule has 3 heterocycles. The third-order valence-corrected chi connectivity index (χ3v) is 6.57. The Hall–Kier alpha value is -3.59. The summed E-state index contributed by atoms with van der Waals surface area (Å²) in [5.74, 6) is 0.633. The van der Waals surface area contributed by atoms with Gasteiger partial charge in [0.1, 0.15) is 5.82 Å². The molecule has 1 aromatic heterocycles. The van der Waals surface area contributed by atoms with E-state index in [1.165, 1.54) is 12.1 Å². The van der Waals surface area contributed by atoms with Gasteiger partial charge < -0.3 is 14.7 Å². The van der Waals surface area contributed by atoms with E-state index in [9.17, 15) is 14.0 Å². The van der Waals surface area contributed by atoms with Crippen LogP contribution in [-0.4, -0.2) is 46.5 Å². The molecule has 0 bridgehead atoms. The number of benzene rings is 2. The number of rotatable bonds is 7. The van der Waals surface area contributed by atoms with E-state index in [1.807, 2.05) is 29.2 Å². The molecule has 182 valence electrons. The molecule has 9 heteroatoms. The lowest BCUT2D eigenvalue weighted by Gasteiger charge is -2.30. The van der Waals surface area contributed by atoms with Crippen molar-refractivity contribution in [2.75, 3.05) is 24.5 Å². The number of carbonyl (C=O) groups excluding carboxylic acids is 2. The molecule has 8 nitrogen and oxygen atoms in total. The Labute approximate surface area is 203 Å². The molecule has 2 aliphatic heterocycles. The Balaban J connectivity index is 1.14. The van der Waals surface area contributed by atoms with Gasteiger partial charge in [0, 0.05) is 37.3 Å². The predicted molar refractivity (Wildman–Crippen MR) is 128 cm³/mol. The highest BCUT2D eigenvalue weighted by atomic mass is 19.1. The van der Waals surface area contributed by atoms with E-state index in [0.717, 1.165) is 43.6 Å². The van der Waals surface area contributed by atoms with Crippen LogP contribution < -0.4 is 10.2 Å². The molecule has 5 rings (SSSR count). The van der Waals surface area contributed by atoms with Crippen molar-refractivity contribution >= 4 is 17.5 Å². The van der Waals surface area contributed by atoms with Crippen molar-refractivity contribution in [1.82, 2.24) is 20.4 Å². The molecule has 2 amide bonds. The number of halogens is 1. The summed E-state index contributed by atoms with van der Waals surface area (Å²) in [6.45, 7) is 3.10. The molecule has 2 aromatic carbocycles. The summed E-state index contributed by atoms with van der Waals surface area (Å²) in [6.07, 6.45) is 3.21. The number of hydrogen-bond acceptors (Lipinski definition) is 6. The first-order chi connectivity index (χ1) is 17.0. The Morgan fingerprint density at radius 2 is 2.00 bits per heavy atom. The normalized spacial score (nSPS) is 18.7. The van der Waals surface area contributed by atoms with Crippen LogP contribution in [0.5, 0.6) is 0 Å². The molecule has 0 saturated carbocycles. The first-order valence-electron chi connectivity index (χ1n) is 12.0. The highest BCUT2D eigenvalue weighted by Gasteiger charge is 2.27. The van der Waals surface area contributed by atoms with Crippen molar-refractivity contribution in [3.8, 4) is 11.4 Å². The van der Waals surface area contributed by atoms with E-state index in [-0.39, 0.29) is 23.5 Å². The standard InChI is InChI=1S/C26H28FN5O3/c27-21-10-8-19(9-11-21)25-29-23(35-30-25)17-31-12-2-5-20(16-31)26(34)28-15-18-4-1-6-22(14-18)32-13-3-7-24(32)33/h1,4,6,8-11,14,20H,2-3,5,7,12-13,15-17H2,(H,28,34). The van der Waals surface area contributed by atoms with Crippen LogP contribution in [0.4, 0.5) is 10.1 Å². The maximum absolute atomic E-state index is 13.1. The minimum atomic E-state index is -0.315. The van der Waals surface area contributed by atoms with Gasteiger partial charge in [-0.25, -0.2) is 4.39 Å². The summed E-state index contributed by atoms with van der Waals surface area (Å²) in [5.41, 5.74) is 2.56. The number of piperidine rings is 1. The minimum Gasteiger partial charge on any atom is -0.352 e. The van der Waals surface area contributed by atoms with E-state index < -0.39 is 0 Å². The van der Waals surface area contributed by atoms with E-state index in [1.54, 1.807) is 12.1 Å². The Bertz CT molecular complexity index is 1200. The maximum atomic E-state index is 13.1. The largest absolute Gasteiger partial charge is 0.352 e. The smallest absolute Gasteiger partial charge is 0.241 e. The number of carbonyl (C=O) groups is 2. The molecular formula is C26H28FN5O3. The minimum absolute atomic E-state index is 0.0230. The van der Waals surface area contributed by atoms with Gasteiger partial charge >= 0.3 is 0 Å². The lowest BCUT2D eigenvalue weighted by atomic mass is 9.97. The van der Waals surface area contributed by atoms with Crippen LogP contribution in [0, 0.1) is 11.7 Å². The second-order valence-electron chi connectivity index (χ2n) is 9.13. The van der Waals surface area contributed by atoms with Crippen LogP contribution in [0.1, 0.15) is 37.1 Å². The van der Waals surface area contributed by atoms with Crippen LogP contribution in [0.2, 0.25) is 0 Å². The van der Waals surface area contributed by atoms with Gasteiger partial charge in [-0.3, -0.25) is 14.5 Å². The summed E-state index contributed by atoms with van der Waals surface area (Å²) >= 11 is 0. The zero-order valence-electron chi connectivity index (χ0n) is 19.5. The lowest BCUT2D eigenvalue weighted by Crippen LogP contribution is -2.42. The number of nitrogens with one attached hydrogen (secondary N) is 1. The van der Waals surface area contributed by atoms with Gasteiger partial charge in [-0.15, -0.1) is 0 Å². The second-order valence-corrected chi connectivity index (χ2v) is 9.13. The van der Waals surface area contributed by atoms with Gasteiger partial charge in [-0.2, -0.15) is 4.98 Å².